The van der Waals surface area contributed by atoms with Gasteiger partial charge >= 0.3 is 17.9 Å². The maximum absolute atomic E-state index is 13.3. The first-order valence-electron chi connectivity index (χ1n) is 16.0. The number of nitrogens with one attached hydrogen (secondary N) is 1. The molecule has 0 radical (unpaired) electrons. The summed E-state index contributed by atoms with van der Waals surface area (Å²) in [6, 6.07) is 7.61. The number of allylic oxidation sites excluding steroid dienone is 1. The molecule has 5 N–H and O–H groups in total. The second-order valence-corrected chi connectivity index (χ2v) is 12.5. The number of aliphatic carboxylic acids is 3. The maximum Gasteiger partial charge on any atom is 0.337 e. The zero-order chi connectivity index (χ0) is 34.0. The molecule has 0 aliphatic heterocycles. The summed E-state index contributed by atoms with van der Waals surface area (Å²) in [7, 11) is 0. The fraction of sp³-hybridized carbons (Fsp3) is 0.514. The summed E-state index contributed by atoms with van der Waals surface area (Å²) in [6.07, 6.45) is 11.4. The number of ketones is 1. The summed E-state index contributed by atoms with van der Waals surface area (Å²) in [6.45, 7) is 2.15. The molecule has 0 fully saturated rings. The number of thiophene rings is 1. The summed E-state index contributed by atoms with van der Waals surface area (Å²) in [5.74, 6) is -7.62. The zero-order valence-electron chi connectivity index (χ0n) is 26.5. The molecule has 11 heteroatoms. The largest absolute Gasteiger partial charge is 0.481 e. The number of Topliss-reactive ketones (excluding diaryl/α,β-unsaturated/α-hetero) is 1. The lowest BCUT2D eigenvalue weighted by atomic mass is 9.82. The van der Waals surface area contributed by atoms with E-state index in [-0.39, 0.29) is 12.2 Å². The first-order chi connectivity index (χ1) is 22.0. The van der Waals surface area contributed by atoms with Crippen LogP contribution >= 0.6 is 11.3 Å². The normalized spacial score (nSPS) is 14.0. The Morgan fingerprint density at radius 1 is 0.848 bits per heavy atom. The molecule has 0 saturated carbocycles. The molecule has 2 rings (SSSR count). The quantitative estimate of drug-likeness (QED) is 0.0644. The number of benzene rings is 1. The molecule has 3 atom stereocenters. The molecule has 1 aromatic heterocycles. The number of amides is 1. The van der Waals surface area contributed by atoms with E-state index in [2.05, 4.69) is 12.2 Å². The van der Waals surface area contributed by atoms with Crippen molar-refractivity contribution in [2.24, 2.45) is 5.92 Å². The molecule has 0 spiro atoms. The molecule has 1 heterocycles. The molecule has 0 aliphatic rings. The summed E-state index contributed by atoms with van der Waals surface area (Å²) in [5, 5.41) is 46.0. The smallest absolute Gasteiger partial charge is 0.337 e. The fourth-order valence-corrected chi connectivity index (χ4v) is 5.86. The Kier molecular flexibility index (Phi) is 16.9. The lowest BCUT2D eigenvalue weighted by Crippen LogP contribution is -2.55. The first-order valence-corrected chi connectivity index (χ1v) is 16.9. The van der Waals surface area contributed by atoms with E-state index in [1.165, 1.54) is 12.5 Å². The molecule has 0 saturated heterocycles. The van der Waals surface area contributed by atoms with Crippen LogP contribution < -0.4 is 5.32 Å². The molecule has 252 valence electrons. The number of hydrogen-bond acceptors (Lipinski definition) is 7. The summed E-state index contributed by atoms with van der Waals surface area (Å²) in [5.41, 5.74) is -0.451. The Hall–Kier alpha value is -3.83. The van der Waals surface area contributed by atoms with Crippen molar-refractivity contribution in [2.75, 3.05) is 0 Å². The number of hydrogen-bond donors (Lipinski definition) is 5. The number of unbranched alkanes of at least 4 members (excludes halogenated alkanes) is 8. The predicted octanol–water partition coefficient (Wildman–Crippen LogP) is 6.26. The van der Waals surface area contributed by atoms with Gasteiger partial charge in [0.2, 0.25) is 5.91 Å². The van der Waals surface area contributed by atoms with Crippen molar-refractivity contribution in [1.82, 2.24) is 5.32 Å². The third-order valence-electron chi connectivity index (χ3n) is 7.92. The minimum atomic E-state index is -3.01. The van der Waals surface area contributed by atoms with E-state index in [4.69, 9.17) is 0 Å². The van der Waals surface area contributed by atoms with Gasteiger partial charge < -0.3 is 25.7 Å². The van der Waals surface area contributed by atoms with Gasteiger partial charge in [-0.05, 0) is 59.2 Å². The van der Waals surface area contributed by atoms with Crippen LogP contribution in [0.2, 0.25) is 0 Å². The van der Waals surface area contributed by atoms with E-state index in [9.17, 15) is 44.4 Å². The number of carbonyl (C=O) groups is 5. The summed E-state index contributed by atoms with van der Waals surface area (Å²) in [4.78, 5) is 60.9. The van der Waals surface area contributed by atoms with Crippen LogP contribution in [0.25, 0.3) is 11.1 Å². The molecule has 0 aliphatic carbocycles. The third kappa shape index (κ3) is 13.3. The van der Waals surface area contributed by atoms with Gasteiger partial charge in [-0.3, -0.25) is 14.4 Å². The molecule has 10 nitrogen and oxygen atoms in total. The van der Waals surface area contributed by atoms with Crippen molar-refractivity contribution in [3.8, 4) is 11.1 Å². The number of carbonyl (C=O) groups excluding carboxylic acids is 2. The lowest BCUT2D eigenvalue weighted by Gasteiger charge is -2.29. The minimum Gasteiger partial charge on any atom is -0.481 e. The molecule has 46 heavy (non-hydrogen) atoms. The topological polar surface area (TPSA) is 178 Å². The van der Waals surface area contributed by atoms with Crippen LogP contribution in [0.3, 0.4) is 0 Å². The van der Waals surface area contributed by atoms with Gasteiger partial charge in [0.1, 0.15) is 11.8 Å². The number of rotatable bonds is 24. The standard InChI is InChI=1S/C35H47NO9S/c1-2-3-4-7-10-13-28(37)14-11-8-5-6-9-12-15-29(35(45,34(43)44)23-31(38)39)32(40)36-30(33(41)42)22-25-16-18-26(19-17-25)27-20-21-46-24-27/h12,15-21,24,29-30,45H,2-11,13-14,22-23H2,1H3,(H,36,40)(H,38,39)(H,41,42)(H,43,44)/b15-12+/t29-,30+,35+/m1/s1. The molecular formula is C35H47NO9S. The van der Waals surface area contributed by atoms with E-state index >= 15 is 0 Å². The number of carboxylic acid groups (broad SMARTS) is 3. The Labute approximate surface area is 274 Å². The molecule has 1 aromatic carbocycles. The van der Waals surface area contributed by atoms with Gasteiger partial charge in [0.05, 0.1) is 12.3 Å². The van der Waals surface area contributed by atoms with Crippen molar-refractivity contribution < 1.29 is 44.4 Å². The second kappa shape index (κ2) is 20.3. The number of aliphatic hydroxyl groups is 1. The highest BCUT2D eigenvalue weighted by atomic mass is 32.1. The molecule has 1 amide bonds. The fourth-order valence-electron chi connectivity index (χ4n) is 5.19. The van der Waals surface area contributed by atoms with Gasteiger partial charge in [-0.15, -0.1) is 0 Å². The Morgan fingerprint density at radius 3 is 2.02 bits per heavy atom. The average Bonchev–Trinajstić information content (AvgIpc) is 3.55. The van der Waals surface area contributed by atoms with Crippen molar-refractivity contribution >= 4 is 40.9 Å². The molecule has 2 aromatic rings. The van der Waals surface area contributed by atoms with Gasteiger partial charge in [0.15, 0.2) is 5.60 Å². The van der Waals surface area contributed by atoms with Crippen LogP contribution in [0.1, 0.15) is 96.0 Å². The first kappa shape index (κ1) is 38.4. The third-order valence-corrected chi connectivity index (χ3v) is 8.60. The minimum absolute atomic E-state index is 0.118. The van der Waals surface area contributed by atoms with Crippen molar-refractivity contribution in [3.63, 3.8) is 0 Å². The van der Waals surface area contributed by atoms with E-state index in [1.54, 1.807) is 23.5 Å². The van der Waals surface area contributed by atoms with Gasteiger partial charge in [0.25, 0.3) is 0 Å². The molecular weight excluding hydrogens is 610 g/mol. The lowest BCUT2D eigenvalue weighted by molar-refractivity contribution is -0.172. The van der Waals surface area contributed by atoms with Crippen LogP contribution in [0.5, 0.6) is 0 Å². The maximum atomic E-state index is 13.3. The van der Waals surface area contributed by atoms with Crippen LogP contribution in [0.4, 0.5) is 0 Å². The van der Waals surface area contributed by atoms with Gasteiger partial charge in [0, 0.05) is 19.3 Å². The Morgan fingerprint density at radius 2 is 1.48 bits per heavy atom. The molecule has 0 unspecified atom stereocenters. The van der Waals surface area contributed by atoms with Crippen LogP contribution in [0.15, 0.2) is 53.2 Å². The highest BCUT2D eigenvalue weighted by Crippen LogP contribution is 2.26. The predicted molar refractivity (Wildman–Crippen MR) is 177 cm³/mol. The molecule has 0 bridgehead atoms. The van der Waals surface area contributed by atoms with E-state index in [0.717, 1.165) is 62.1 Å². The Bertz CT molecular complexity index is 1290. The van der Waals surface area contributed by atoms with Crippen molar-refractivity contribution in [1.29, 1.82) is 0 Å². The highest BCUT2D eigenvalue weighted by Gasteiger charge is 2.49. The van der Waals surface area contributed by atoms with E-state index < -0.39 is 47.8 Å². The number of carboxylic acids is 3. The monoisotopic (exact) mass is 657 g/mol. The van der Waals surface area contributed by atoms with Gasteiger partial charge in [-0.1, -0.05) is 81.9 Å². The van der Waals surface area contributed by atoms with Crippen LogP contribution in [-0.2, 0) is 30.4 Å². The second-order valence-electron chi connectivity index (χ2n) is 11.7. The summed E-state index contributed by atoms with van der Waals surface area (Å²) < 4.78 is 0. The zero-order valence-corrected chi connectivity index (χ0v) is 27.3. The highest BCUT2D eigenvalue weighted by molar-refractivity contribution is 7.08. The van der Waals surface area contributed by atoms with Crippen molar-refractivity contribution in [2.45, 2.75) is 108 Å². The van der Waals surface area contributed by atoms with Crippen molar-refractivity contribution in [3.05, 3.63) is 58.8 Å². The van der Waals surface area contributed by atoms with E-state index in [1.807, 2.05) is 29.0 Å². The van der Waals surface area contributed by atoms with E-state index in [0.29, 0.717) is 31.2 Å². The van der Waals surface area contributed by atoms with Gasteiger partial charge in [-0.2, -0.15) is 11.3 Å². The Balaban J connectivity index is 1.99. The average molecular weight is 658 g/mol. The van der Waals surface area contributed by atoms with Gasteiger partial charge in [-0.25, -0.2) is 9.59 Å². The SMILES string of the molecule is CCCCCCCC(=O)CCCCCC/C=C/[C@H](C(=O)N[C@@H](Cc1ccc(-c2ccsc2)cc1)C(=O)O)[C@@](O)(CC(=O)O)C(=O)O. The van der Waals surface area contributed by atoms with Crippen LogP contribution in [0, 0.1) is 5.92 Å². The summed E-state index contributed by atoms with van der Waals surface area (Å²) >= 11 is 1.54. The van der Waals surface area contributed by atoms with Crippen LogP contribution in [-0.4, -0.2) is 61.7 Å².